The van der Waals surface area contributed by atoms with Crippen molar-refractivity contribution in [1.29, 1.82) is 0 Å². The van der Waals surface area contributed by atoms with Gasteiger partial charge in [-0.05, 0) is 25.5 Å². The van der Waals surface area contributed by atoms with E-state index in [4.69, 9.17) is 10.5 Å². The minimum Gasteiger partial charge on any atom is -0.494 e. The summed E-state index contributed by atoms with van der Waals surface area (Å²) in [7, 11) is 1.58. The lowest BCUT2D eigenvalue weighted by atomic mass is 10.1. The second-order valence-electron chi connectivity index (χ2n) is 4.73. The first-order chi connectivity index (χ1) is 9.97. The molecular formula is C15H23N3O3. The van der Waals surface area contributed by atoms with Gasteiger partial charge in [0.2, 0.25) is 5.91 Å². The van der Waals surface area contributed by atoms with Gasteiger partial charge in [0.25, 0.3) is 5.91 Å². The van der Waals surface area contributed by atoms with Gasteiger partial charge in [0.05, 0.1) is 13.2 Å². The van der Waals surface area contributed by atoms with Gasteiger partial charge < -0.3 is 20.7 Å². The van der Waals surface area contributed by atoms with Crippen molar-refractivity contribution in [3.63, 3.8) is 0 Å². The topological polar surface area (TPSA) is 84.7 Å². The Balaban J connectivity index is 2.75. The number of likely N-dealkylation sites (N-methyl/N-ethyl adjacent to an activating group) is 1. The summed E-state index contributed by atoms with van der Waals surface area (Å²) < 4.78 is 5.36. The molecule has 3 N–H and O–H groups in total. The zero-order valence-electron chi connectivity index (χ0n) is 12.8. The molecule has 6 heteroatoms. The predicted molar refractivity (Wildman–Crippen MR) is 82.3 cm³/mol. The van der Waals surface area contributed by atoms with Gasteiger partial charge in [-0.25, -0.2) is 0 Å². The molecule has 0 saturated carbocycles. The molecule has 1 rings (SSSR count). The number of carbonyl (C=O) groups excluding carboxylic acids is 2. The summed E-state index contributed by atoms with van der Waals surface area (Å²) in [6, 6.07) is 4.86. The van der Waals surface area contributed by atoms with Crippen LogP contribution in [0.4, 0.5) is 5.69 Å². The molecule has 0 aliphatic heterocycles. The third-order valence-corrected chi connectivity index (χ3v) is 2.79. The Kier molecular flexibility index (Phi) is 6.52. The van der Waals surface area contributed by atoms with E-state index in [0.29, 0.717) is 30.2 Å². The average Bonchev–Trinajstić information content (AvgIpc) is 2.44. The number of nitrogens with two attached hydrogens (primary N) is 1. The number of nitrogens with one attached hydrogen (secondary N) is 1. The molecule has 0 heterocycles. The van der Waals surface area contributed by atoms with Crippen LogP contribution in [0.25, 0.3) is 0 Å². The Hall–Kier alpha value is -2.24. The van der Waals surface area contributed by atoms with E-state index in [0.717, 1.165) is 6.42 Å². The Labute approximate surface area is 125 Å². The van der Waals surface area contributed by atoms with Crippen LogP contribution in [0.15, 0.2) is 18.2 Å². The molecule has 116 valence electrons. The fourth-order valence-corrected chi connectivity index (χ4v) is 1.82. The molecule has 6 nitrogen and oxygen atoms in total. The molecule has 0 spiro atoms. The maximum atomic E-state index is 12.3. The first-order valence-corrected chi connectivity index (χ1v) is 7.03. The molecule has 0 aliphatic rings. The van der Waals surface area contributed by atoms with Gasteiger partial charge in [0, 0.05) is 30.9 Å². The maximum Gasteiger partial charge on any atom is 0.254 e. The summed E-state index contributed by atoms with van der Waals surface area (Å²) in [5.41, 5.74) is 6.62. The Morgan fingerprint density at radius 3 is 2.62 bits per heavy atom. The monoisotopic (exact) mass is 293 g/mol. The smallest absolute Gasteiger partial charge is 0.254 e. The highest BCUT2D eigenvalue weighted by molar-refractivity contribution is 5.97. The van der Waals surface area contributed by atoms with Crippen LogP contribution in [-0.2, 0) is 4.79 Å². The molecule has 21 heavy (non-hydrogen) atoms. The van der Waals surface area contributed by atoms with E-state index in [1.807, 2.05) is 13.8 Å². The lowest BCUT2D eigenvalue weighted by Crippen LogP contribution is -2.38. The summed E-state index contributed by atoms with van der Waals surface area (Å²) in [5.74, 6) is 0.0984. The molecule has 0 fully saturated rings. The van der Waals surface area contributed by atoms with E-state index in [9.17, 15) is 9.59 Å². The number of anilines is 1. The van der Waals surface area contributed by atoms with E-state index in [-0.39, 0.29) is 18.4 Å². The fraction of sp³-hybridized carbons (Fsp3) is 0.467. The molecule has 0 unspecified atom stereocenters. The van der Waals surface area contributed by atoms with Crippen molar-refractivity contribution >= 4 is 17.5 Å². The van der Waals surface area contributed by atoms with Gasteiger partial charge in [-0.15, -0.1) is 0 Å². The van der Waals surface area contributed by atoms with Crippen LogP contribution < -0.4 is 15.8 Å². The molecule has 0 radical (unpaired) electrons. The number of amides is 2. The number of ether oxygens (including phenoxy) is 1. The fourth-order valence-electron chi connectivity index (χ4n) is 1.82. The second kappa shape index (κ2) is 8.14. The number of rotatable bonds is 7. The van der Waals surface area contributed by atoms with Crippen LogP contribution in [0.1, 0.15) is 30.6 Å². The SMILES string of the molecule is CCCNC(=O)CN(C)C(=O)c1cc(N)cc(OCC)c1. The van der Waals surface area contributed by atoms with Crippen LogP contribution in [0.2, 0.25) is 0 Å². The van der Waals surface area contributed by atoms with Gasteiger partial charge in [-0.1, -0.05) is 6.92 Å². The molecule has 2 amide bonds. The number of nitrogen functional groups attached to an aromatic ring is 1. The number of carbonyl (C=O) groups is 2. The number of hydrogen-bond donors (Lipinski definition) is 2. The molecular weight excluding hydrogens is 270 g/mol. The number of benzene rings is 1. The van der Waals surface area contributed by atoms with Gasteiger partial charge in [0.15, 0.2) is 0 Å². The zero-order chi connectivity index (χ0) is 15.8. The van der Waals surface area contributed by atoms with E-state index in [1.54, 1.807) is 25.2 Å². The van der Waals surface area contributed by atoms with E-state index in [2.05, 4.69) is 5.32 Å². The summed E-state index contributed by atoms with van der Waals surface area (Å²) in [4.78, 5) is 25.3. The largest absolute Gasteiger partial charge is 0.494 e. The van der Waals surface area contributed by atoms with Crippen molar-refractivity contribution in [1.82, 2.24) is 10.2 Å². The third-order valence-electron chi connectivity index (χ3n) is 2.79. The van der Waals surface area contributed by atoms with Crippen LogP contribution in [0.3, 0.4) is 0 Å². The lowest BCUT2D eigenvalue weighted by Gasteiger charge is -2.17. The highest BCUT2D eigenvalue weighted by Gasteiger charge is 2.16. The van der Waals surface area contributed by atoms with Crippen molar-refractivity contribution in [3.8, 4) is 5.75 Å². The number of hydrogen-bond acceptors (Lipinski definition) is 4. The van der Waals surface area contributed by atoms with Gasteiger partial charge >= 0.3 is 0 Å². The first kappa shape index (κ1) is 16.8. The molecule has 0 aliphatic carbocycles. The zero-order valence-corrected chi connectivity index (χ0v) is 12.8. The van der Waals surface area contributed by atoms with E-state index >= 15 is 0 Å². The minimum atomic E-state index is -0.269. The predicted octanol–water partition coefficient (Wildman–Crippen LogP) is 1.27. The highest BCUT2D eigenvalue weighted by Crippen LogP contribution is 2.19. The molecule has 0 bridgehead atoms. The van der Waals surface area contributed by atoms with E-state index < -0.39 is 0 Å². The van der Waals surface area contributed by atoms with Crippen molar-refractivity contribution < 1.29 is 14.3 Å². The summed E-state index contributed by atoms with van der Waals surface area (Å²) in [6.45, 7) is 4.93. The highest BCUT2D eigenvalue weighted by atomic mass is 16.5. The Morgan fingerprint density at radius 2 is 2.00 bits per heavy atom. The van der Waals surface area contributed by atoms with Crippen LogP contribution in [-0.4, -0.2) is 43.5 Å². The average molecular weight is 293 g/mol. The summed E-state index contributed by atoms with van der Waals surface area (Å²) >= 11 is 0. The lowest BCUT2D eigenvalue weighted by molar-refractivity contribution is -0.121. The summed E-state index contributed by atoms with van der Waals surface area (Å²) in [6.07, 6.45) is 0.857. The van der Waals surface area contributed by atoms with Crippen molar-refractivity contribution in [2.45, 2.75) is 20.3 Å². The molecule has 1 aromatic rings. The van der Waals surface area contributed by atoms with Crippen LogP contribution in [0.5, 0.6) is 5.75 Å². The number of nitrogens with zero attached hydrogens (tertiary/aromatic N) is 1. The Bertz CT molecular complexity index is 503. The van der Waals surface area contributed by atoms with Crippen LogP contribution >= 0.6 is 0 Å². The maximum absolute atomic E-state index is 12.3. The standard InChI is InChI=1S/C15H23N3O3/c1-4-6-17-14(19)10-18(3)15(20)11-7-12(16)9-13(8-11)21-5-2/h7-9H,4-6,10,16H2,1-3H3,(H,17,19). The second-order valence-corrected chi connectivity index (χ2v) is 4.73. The molecule has 0 atom stereocenters. The van der Waals surface area contributed by atoms with Gasteiger partial charge in [0.1, 0.15) is 5.75 Å². The molecule has 0 saturated heterocycles. The molecule has 1 aromatic carbocycles. The normalized spacial score (nSPS) is 10.0. The Morgan fingerprint density at radius 1 is 1.29 bits per heavy atom. The summed E-state index contributed by atoms with van der Waals surface area (Å²) in [5, 5.41) is 2.73. The quantitative estimate of drug-likeness (QED) is 0.741. The van der Waals surface area contributed by atoms with Crippen LogP contribution in [0, 0.1) is 0 Å². The minimum absolute atomic E-state index is 0.0115. The molecule has 0 aromatic heterocycles. The van der Waals surface area contributed by atoms with Crippen molar-refractivity contribution in [2.75, 3.05) is 32.5 Å². The van der Waals surface area contributed by atoms with Crippen molar-refractivity contribution in [2.24, 2.45) is 0 Å². The van der Waals surface area contributed by atoms with Crippen molar-refractivity contribution in [3.05, 3.63) is 23.8 Å². The first-order valence-electron chi connectivity index (χ1n) is 7.03. The van der Waals surface area contributed by atoms with E-state index in [1.165, 1.54) is 4.90 Å². The third kappa shape index (κ3) is 5.33. The van der Waals surface area contributed by atoms with Gasteiger partial charge in [-0.3, -0.25) is 9.59 Å². The van der Waals surface area contributed by atoms with Gasteiger partial charge in [-0.2, -0.15) is 0 Å².